The Morgan fingerprint density at radius 3 is 2.30 bits per heavy atom. The first-order chi connectivity index (χ1) is 22.4. The molecule has 47 heavy (non-hydrogen) atoms. The molecule has 1 atom stereocenters. The SMILES string of the molecule is COc1ccc(-c2ccc(C(=O)NC(Cc3ccc(-c4noc(-c5ccc(NC(=O)OC(C)(C)C)cc5)n4)c(F)c3)C(=O)O)o2)cc1. The second-order valence-corrected chi connectivity index (χ2v) is 11.4. The van der Waals surface area contributed by atoms with Crippen molar-refractivity contribution < 1.29 is 42.3 Å². The number of carbonyl (C=O) groups is 3. The number of nitrogens with one attached hydrogen (secondary N) is 2. The van der Waals surface area contributed by atoms with Crippen LogP contribution in [0.25, 0.3) is 34.2 Å². The highest BCUT2D eigenvalue weighted by Gasteiger charge is 2.24. The van der Waals surface area contributed by atoms with Gasteiger partial charge >= 0.3 is 12.1 Å². The van der Waals surface area contributed by atoms with E-state index < -0.39 is 35.4 Å². The zero-order valence-corrected chi connectivity index (χ0v) is 25.9. The van der Waals surface area contributed by atoms with Crippen molar-refractivity contribution in [2.75, 3.05) is 12.4 Å². The topological polar surface area (TPSA) is 166 Å². The number of hydrogen-bond acceptors (Lipinski definition) is 9. The van der Waals surface area contributed by atoms with Crippen LogP contribution < -0.4 is 15.4 Å². The predicted molar refractivity (Wildman–Crippen MR) is 168 cm³/mol. The Balaban J connectivity index is 1.23. The molecule has 3 aromatic carbocycles. The third-order valence-corrected chi connectivity index (χ3v) is 6.73. The van der Waals surface area contributed by atoms with Gasteiger partial charge in [-0.05, 0) is 99.1 Å². The van der Waals surface area contributed by atoms with Gasteiger partial charge in [-0.2, -0.15) is 4.98 Å². The number of furan rings is 1. The maximum atomic E-state index is 15.2. The van der Waals surface area contributed by atoms with E-state index in [0.717, 1.165) is 6.07 Å². The van der Waals surface area contributed by atoms with Crippen LogP contribution >= 0.6 is 0 Å². The van der Waals surface area contributed by atoms with Gasteiger partial charge in [-0.1, -0.05) is 11.2 Å². The summed E-state index contributed by atoms with van der Waals surface area (Å²) in [7, 11) is 1.55. The van der Waals surface area contributed by atoms with Gasteiger partial charge in [0.1, 0.15) is 29.0 Å². The van der Waals surface area contributed by atoms with Crippen LogP contribution in [-0.4, -0.2) is 52.0 Å². The van der Waals surface area contributed by atoms with Gasteiger partial charge in [-0.25, -0.2) is 14.0 Å². The first-order valence-corrected chi connectivity index (χ1v) is 14.4. The van der Waals surface area contributed by atoms with Gasteiger partial charge in [0.05, 0.1) is 12.7 Å². The van der Waals surface area contributed by atoms with Gasteiger partial charge in [0.15, 0.2) is 5.76 Å². The molecule has 5 aromatic rings. The Kier molecular flexibility index (Phi) is 9.36. The number of amides is 2. The van der Waals surface area contributed by atoms with Crippen molar-refractivity contribution in [1.82, 2.24) is 15.5 Å². The molecule has 242 valence electrons. The van der Waals surface area contributed by atoms with Gasteiger partial charge in [0.25, 0.3) is 11.8 Å². The molecule has 0 aliphatic rings. The molecule has 2 heterocycles. The summed E-state index contributed by atoms with van der Waals surface area (Å²) in [6, 6.07) is 19.3. The largest absolute Gasteiger partial charge is 0.497 e. The molecule has 0 bridgehead atoms. The number of carboxylic acid groups (broad SMARTS) is 1. The Morgan fingerprint density at radius 2 is 1.66 bits per heavy atom. The molecule has 5 rings (SSSR count). The molecule has 0 saturated heterocycles. The lowest BCUT2D eigenvalue weighted by Gasteiger charge is -2.19. The third-order valence-electron chi connectivity index (χ3n) is 6.73. The number of rotatable bonds is 10. The number of nitrogens with zero attached hydrogens (tertiary/aromatic N) is 2. The van der Waals surface area contributed by atoms with Gasteiger partial charge in [0.2, 0.25) is 5.82 Å². The standard InChI is InChI=1S/C34H31FN4O8/c1-34(2,3)46-33(43)36-22-10-6-21(7-11-22)31-38-29(39-47-31)24-14-5-19(17-25(24)35)18-26(32(41)42)37-30(40)28-16-15-27(45-28)20-8-12-23(44-4)13-9-20/h5-17,26H,18H2,1-4H3,(H,36,43)(H,37,40)(H,41,42). The molecule has 1 unspecified atom stereocenters. The van der Waals surface area contributed by atoms with Crippen molar-refractivity contribution in [3.05, 3.63) is 96.0 Å². The van der Waals surface area contributed by atoms with E-state index in [1.54, 1.807) is 82.5 Å². The second kappa shape index (κ2) is 13.6. The van der Waals surface area contributed by atoms with Crippen LogP contribution in [-0.2, 0) is 16.0 Å². The number of hydrogen-bond donors (Lipinski definition) is 3. The molecule has 0 radical (unpaired) electrons. The summed E-state index contributed by atoms with van der Waals surface area (Å²) >= 11 is 0. The van der Waals surface area contributed by atoms with Gasteiger partial charge in [0, 0.05) is 23.2 Å². The van der Waals surface area contributed by atoms with Crippen molar-refractivity contribution >= 4 is 23.7 Å². The first-order valence-electron chi connectivity index (χ1n) is 14.4. The summed E-state index contributed by atoms with van der Waals surface area (Å²) in [5.41, 5.74) is 1.43. The Labute approximate surface area is 268 Å². The smallest absolute Gasteiger partial charge is 0.412 e. The Morgan fingerprint density at radius 1 is 0.957 bits per heavy atom. The van der Waals surface area contributed by atoms with E-state index >= 15 is 4.39 Å². The maximum absolute atomic E-state index is 15.2. The summed E-state index contributed by atoms with van der Waals surface area (Å²) in [4.78, 5) is 41.1. The fourth-order valence-corrected chi connectivity index (χ4v) is 4.47. The maximum Gasteiger partial charge on any atom is 0.412 e. The highest BCUT2D eigenvalue weighted by molar-refractivity contribution is 5.95. The van der Waals surface area contributed by atoms with E-state index in [4.69, 9.17) is 18.4 Å². The van der Waals surface area contributed by atoms with Crippen molar-refractivity contribution in [1.29, 1.82) is 0 Å². The van der Waals surface area contributed by atoms with Crippen molar-refractivity contribution in [3.63, 3.8) is 0 Å². The highest BCUT2D eigenvalue weighted by atomic mass is 19.1. The van der Waals surface area contributed by atoms with Crippen molar-refractivity contribution in [2.45, 2.75) is 38.8 Å². The van der Waals surface area contributed by atoms with Crippen LogP contribution in [0.3, 0.4) is 0 Å². The average molecular weight is 643 g/mol. The van der Waals surface area contributed by atoms with E-state index in [0.29, 0.717) is 33.9 Å². The molecule has 3 N–H and O–H groups in total. The zero-order chi connectivity index (χ0) is 33.7. The molecule has 13 heteroatoms. The number of carbonyl (C=O) groups excluding carboxylic acids is 2. The van der Waals surface area contributed by atoms with Gasteiger partial charge in [-0.3, -0.25) is 10.1 Å². The molecule has 0 spiro atoms. The average Bonchev–Trinajstić information content (AvgIpc) is 3.71. The van der Waals surface area contributed by atoms with E-state index in [1.165, 1.54) is 18.2 Å². The molecule has 0 aliphatic carbocycles. The number of aliphatic carboxylic acids is 1. The van der Waals surface area contributed by atoms with Crippen LogP contribution in [0.1, 0.15) is 36.9 Å². The minimum absolute atomic E-state index is 0.0198. The zero-order valence-electron chi connectivity index (χ0n) is 25.9. The number of carboxylic acids is 1. The number of anilines is 1. The molecule has 0 fully saturated rings. The summed E-state index contributed by atoms with van der Waals surface area (Å²) < 4.78 is 36.5. The van der Waals surface area contributed by atoms with Gasteiger partial charge in [-0.15, -0.1) is 0 Å². The van der Waals surface area contributed by atoms with E-state index in [1.807, 2.05) is 0 Å². The molecule has 12 nitrogen and oxygen atoms in total. The van der Waals surface area contributed by atoms with Crippen LogP contribution in [0.2, 0.25) is 0 Å². The number of aromatic nitrogens is 2. The molecule has 2 aromatic heterocycles. The molecular weight excluding hydrogens is 611 g/mol. The highest BCUT2D eigenvalue weighted by Crippen LogP contribution is 2.27. The molecule has 2 amide bonds. The normalized spacial score (nSPS) is 11.9. The molecule has 0 aliphatic heterocycles. The second-order valence-electron chi connectivity index (χ2n) is 11.4. The lowest BCUT2D eigenvalue weighted by molar-refractivity contribution is -0.139. The number of ether oxygens (including phenoxy) is 2. The van der Waals surface area contributed by atoms with Crippen LogP contribution in [0.4, 0.5) is 14.9 Å². The summed E-state index contributed by atoms with van der Waals surface area (Å²) in [5, 5.41) is 18.7. The number of halogens is 1. The van der Waals surface area contributed by atoms with Crippen LogP contribution in [0.15, 0.2) is 87.8 Å². The van der Waals surface area contributed by atoms with E-state index in [2.05, 4.69) is 20.8 Å². The predicted octanol–water partition coefficient (Wildman–Crippen LogP) is 6.58. The van der Waals surface area contributed by atoms with Gasteiger partial charge < -0.3 is 28.8 Å². The van der Waals surface area contributed by atoms with Crippen molar-refractivity contribution in [2.24, 2.45) is 0 Å². The van der Waals surface area contributed by atoms with Crippen LogP contribution in [0, 0.1) is 5.82 Å². The number of benzene rings is 3. The minimum atomic E-state index is -1.37. The van der Waals surface area contributed by atoms with Crippen molar-refractivity contribution in [3.8, 4) is 39.9 Å². The lowest BCUT2D eigenvalue weighted by atomic mass is 10.0. The quantitative estimate of drug-likeness (QED) is 0.151. The first kappa shape index (κ1) is 32.4. The van der Waals surface area contributed by atoms with Crippen LogP contribution in [0.5, 0.6) is 5.75 Å². The molecular formula is C34H31FN4O8. The summed E-state index contributed by atoms with van der Waals surface area (Å²) in [6.07, 6.45) is -0.802. The number of methoxy groups -OCH3 is 1. The fourth-order valence-electron chi connectivity index (χ4n) is 4.47. The minimum Gasteiger partial charge on any atom is -0.497 e. The summed E-state index contributed by atoms with van der Waals surface area (Å²) in [5.74, 6) is -1.65. The summed E-state index contributed by atoms with van der Waals surface area (Å²) in [6.45, 7) is 5.28. The monoisotopic (exact) mass is 642 g/mol. The Hall–Kier alpha value is -5.98. The fraction of sp³-hybridized carbons (Fsp3) is 0.206. The van der Waals surface area contributed by atoms with E-state index in [9.17, 15) is 19.5 Å². The third kappa shape index (κ3) is 8.19. The van der Waals surface area contributed by atoms with E-state index in [-0.39, 0.29) is 29.5 Å². The molecule has 0 saturated carbocycles. The lowest BCUT2D eigenvalue weighted by Crippen LogP contribution is -2.42. The Bertz CT molecular complexity index is 1890.